The van der Waals surface area contributed by atoms with Crippen LogP contribution in [-0.4, -0.2) is 27.7 Å². The minimum Gasteiger partial charge on any atom is -0.377 e. The molecule has 2 aliphatic carbocycles. The largest absolute Gasteiger partial charge is 0.377 e. The lowest BCUT2D eigenvalue weighted by atomic mass is 9.67. The summed E-state index contributed by atoms with van der Waals surface area (Å²) in [6.07, 6.45) is 3.85. The number of carbonyl (C=O) groups excluding carboxylic acids is 1. The molecule has 98 valence electrons. The first-order valence-electron chi connectivity index (χ1n) is 6.21. The van der Waals surface area contributed by atoms with Crippen LogP contribution in [0.25, 0.3) is 0 Å². The van der Waals surface area contributed by atoms with Crippen LogP contribution >= 0.6 is 0 Å². The maximum Gasteiger partial charge on any atom is 0.155 e. The van der Waals surface area contributed by atoms with Gasteiger partial charge in [-0.25, -0.2) is 0 Å². The summed E-state index contributed by atoms with van der Waals surface area (Å²) in [7, 11) is 0. The average molecular weight is 256 g/mol. The predicted molar refractivity (Wildman–Crippen MR) is 71.8 cm³/mol. The SMILES string of the molecule is CC1(C)C2=CC(=O)CC[C@]1(O)C#C/C=C\C#C[C@@H]2O. The van der Waals surface area contributed by atoms with E-state index in [0.29, 0.717) is 5.57 Å². The summed E-state index contributed by atoms with van der Waals surface area (Å²) in [5.41, 5.74) is -1.77. The smallest absolute Gasteiger partial charge is 0.155 e. The van der Waals surface area contributed by atoms with Crippen molar-refractivity contribution in [2.45, 2.75) is 38.4 Å². The molecule has 2 atom stereocenters. The minimum absolute atomic E-state index is 0.117. The van der Waals surface area contributed by atoms with Crippen molar-refractivity contribution < 1.29 is 15.0 Å². The third kappa shape index (κ3) is 2.36. The monoisotopic (exact) mass is 256 g/mol. The molecule has 0 saturated heterocycles. The van der Waals surface area contributed by atoms with Crippen molar-refractivity contribution in [1.29, 1.82) is 0 Å². The van der Waals surface area contributed by atoms with Gasteiger partial charge in [-0.3, -0.25) is 4.79 Å². The van der Waals surface area contributed by atoms with Crippen molar-refractivity contribution >= 4 is 5.78 Å². The number of allylic oxidation sites excluding steroid dienone is 3. The second kappa shape index (κ2) is 4.70. The minimum atomic E-state index is -1.35. The van der Waals surface area contributed by atoms with Gasteiger partial charge in [-0.1, -0.05) is 37.5 Å². The molecule has 0 aromatic heterocycles. The number of carbonyl (C=O) groups is 1. The highest BCUT2D eigenvalue weighted by molar-refractivity contribution is 5.91. The van der Waals surface area contributed by atoms with Crippen LogP contribution in [0.4, 0.5) is 0 Å². The molecule has 0 spiro atoms. The van der Waals surface area contributed by atoms with E-state index in [-0.39, 0.29) is 18.6 Å². The highest BCUT2D eigenvalue weighted by Crippen LogP contribution is 2.44. The molecular weight excluding hydrogens is 240 g/mol. The Bertz CT molecular complexity index is 587. The molecule has 2 rings (SSSR count). The summed E-state index contributed by atoms with van der Waals surface area (Å²) in [4.78, 5) is 11.8. The topological polar surface area (TPSA) is 57.5 Å². The second-order valence-corrected chi connectivity index (χ2v) is 5.35. The van der Waals surface area contributed by atoms with Gasteiger partial charge in [0.1, 0.15) is 11.7 Å². The van der Waals surface area contributed by atoms with E-state index in [1.807, 2.05) is 0 Å². The van der Waals surface area contributed by atoms with Gasteiger partial charge in [0.05, 0.1) is 0 Å². The van der Waals surface area contributed by atoms with Gasteiger partial charge >= 0.3 is 0 Å². The van der Waals surface area contributed by atoms with Gasteiger partial charge in [0.2, 0.25) is 0 Å². The molecule has 3 nitrogen and oxygen atoms in total. The zero-order valence-electron chi connectivity index (χ0n) is 11.0. The summed E-state index contributed by atoms with van der Waals surface area (Å²) in [6, 6.07) is 0. The van der Waals surface area contributed by atoms with Gasteiger partial charge < -0.3 is 10.2 Å². The van der Waals surface area contributed by atoms with E-state index in [9.17, 15) is 15.0 Å². The molecule has 2 aliphatic rings. The fraction of sp³-hybridized carbons (Fsp3) is 0.438. The quantitative estimate of drug-likeness (QED) is 0.635. The number of rotatable bonds is 0. The number of hydrogen-bond donors (Lipinski definition) is 2. The Balaban J connectivity index is 2.68. The van der Waals surface area contributed by atoms with Crippen molar-refractivity contribution in [1.82, 2.24) is 0 Å². The van der Waals surface area contributed by atoms with E-state index >= 15 is 0 Å². The van der Waals surface area contributed by atoms with Crippen LogP contribution in [0.2, 0.25) is 0 Å². The van der Waals surface area contributed by atoms with Crippen LogP contribution < -0.4 is 0 Å². The summed E-state index contributed by atoms with van der Waals surface area (Å²) in [5, 5.41) is 21.0. The zero-order valence-corrected chi connectivity index (χ0v) is 11.0. The molecule has 0 aromatic carbocycles. The maximum atomic E-state index is 11.8. The van der Waals surface area contributed by atoms with Crippen molar-refractivity contribution in [2.75, 3.05) is 0 Å². The molecule has 2 bridgehead atoms. The lowest BCUT2D eigenvalue weighted by Gasteiger charge is -2.40. The zero-order chi connectivity index (χ0) is 14.1. The summed E-state index contributed by atoms with van der Waals surface area (Å²) < 4.78 is 0. The molecule has 0 aromatic rings. The van der Waals surface area contributed by atoms with E-state index in [4.69, 9.17) is 0 Å². The summed E-state index contributed by atoms with van der Waals surface area (Å²) in [6.45, 7) is 3.56. The van der Waals surface area contributed by atoms with Gasteiger partial charge in [-0.05, 0) is 30.2 Å². The molecule has 0 radical (unpaired) electrons. The van der Waals surface area contributed by atoms with Crippen molar-refractivity contribution in [3.05, 3.63) is 23.8 Å². The molecule has 3 heteroatoms. The molecule has 0 fully saturated rings. The molecule has 0 amide bonds. The Kier molecular flexibility index (Phi) is 3.37. The molecule has 0 heterocycles. The van der Waals surface area contributed by atoms with E-state index in [1.54, 1.807) is 13.8 Å². The molecule has 0 unspecified atom stereocenters. The van der Waals surface area contributed by atoms with Gasteiger partial charge in [0.25, 0.3) is 0 Å². The fourth-order valence-electron chi connectivity index (χ4n) is 2.37. The lowest BCUT2D eigenvalue weighted by Crippen LogP contribution is -2.46. The average Bonchev–Trinajstić information content (AvgIpc) is 2.43. The van der Waals surface area contributed by atoms with Crippen LogP contribution in [-0.2, 0) is 4.79 Å². The highest BCUT2D eigenvalue weighted by Gasteiger charge is 2.48. The first-order chi connectivity index (χ1) is 8.87. The van der Waals surface area contributed by atoms with E-state index in [2.05, 4.69) is 23.7 Å². The number of fused-ring (bicyclic) bond motifs is 2. The Morgan fingerprint density at radius 2 is 2.00 bits per heavy atom. The fourth-order valence-corrected chi connectivity index (χ4v) is 2.37. The van der Waals surface area contributed by atoms with Crippen LogP contribution in [0, 0.1) is 29.1 Å². The van der Waals surface area contributed by atoms with Crippen LogP contribution in [0.3, 0.4) is 0 Å². The second-order valence-electron chi connectivity index (χ2n) is 5.35. The van der Waals surface area contributed by atoms with E-state index < -0.39 is 17.1 Å². The standard InChI is InChI=1S/C16H16O3/c1-15(2)13-11-12(17)8-10-16(15,19)9-6-4-3-5-7-14(13)18/h3-4,11,14,18-19H,8,10H2,1-2H3/b4-3-/t14-,16+/m0/s1. The van der Waals surface area contributed by atoms with E-state index in [0.717, 1.165) is 0 Å². The third-order valence-corrected chi connectivity index (χ3v) is 3.85. The summed E-state index contributed by atoms with van der Waals surface area (Å²) >= 11 is 0. The third-order valence-electron chi connectivity index (χ3n) is 3.85. The molecular formula is C16H16O3. The Labute approximate surface area is 113 Å². The number of ketones is 1. The van der Waals surface area contributed by atoms with E-state index in [1.165, 1.54) is 18.2 Å². The molecule has 2 N–H and O–H groups in total. The van der Waals surface area contributed by atoms with Crippen molar-refractivity contribution in [3.8, 4) is 23.7 Å². The van der Waals surface area contributed by atoms with Gasteiger partial charge in [0.15, 0.2) is 5.78 Å². The van der Waals surface area contributed by atoms with Crippen molar-refractivity contribution in [3.63, 3.8) is 0 Å². The van der Waals surface area contributed by atoms with Crippen LogP contribution in [0.5, 0.6) is 0 Å². The van der Waals surface area contributed by atoms with Crippen LogP contribution in [0.15, 0.2) is 23.8 Å². The molecule has 0 saturated carbocycles. The Morgan fingerprint density at radius 3 is 2.74 bits per heavy atom. The van der Waals surface area contributed by atoms with Gasteiger partial charge in [-0.2, -0.15) is 0 Å². The number of aliphatic hydroxyl groups is 2. The lowest BCUT2D eigenvalue weighted by molar-refractivity contribution is -0.115. The van der Waals surface area contributed by atoms with Gasteiger partial charge in [0, 0.05) is 11.8 Å². The first-order valence-corrected chi connectivity index (χ1v) is 6.21. The van der Waals surface area contributed by atoms with Crippen LogP contribution in [0.1, 0.15) is 26.7 Å². The summed E-state index contributed by atoms with van der Waals surface area (Å²) in [5.74, 6) is 10.8. The molecule has 19 heavy (non-hydrogen) atoms. The van der Waals surface area contributed by atoms with Crippen molar-refractivity contribution in [2.24, 2.45) is 5.41 Å². The number of hydrogen-bond acceptors (Lipinski definition) is 3. The van der Waals surface area contributed by atoms with Gasteiger partial charge in [-0.15, -0.1) is 0 Å². The molecule has 0 aliphatic heterocycles. The maximum absolute atomic E-state index is 11.8. The Morgan fingerprint density at radius 1 is 1.32 bits per heavy atom. The number of aliphatic hydroxyl groups excluding tert-OH is 1. The highest BCUT2D eigenvalue weighted by atomic mass is 16.3. The normalized spacial score (nSPS) is 33.8. The Hall–Kier alpha value is -1.81. The predicted octanol–water partition coefficient (Wildman–Crippen LogP) is 0.970. The first kappa shape index (κ1) is 13.6.